The molecule has 0 atom stereocenters. The number of hydrogen-bond donors (Lipinski definition) is 2. The normalized spacial score (nSPS) is 11.1. The summed E-state index contributed by atoms with van der Waals surface area (Å²) in [5, 5.41) is 0. The van der Waals surface area contributed by atoms with E-state index in [9.17, 15) is 0 Å². The first-order valence-corrected chi connectivity index (χ1v) is 9.46. The van der Waals surface area contributed by atoms with Gasteiger partial charge in [-0.25, -0.2) is 0 Å². The first kappa shape index (κ1) is 14.5. The van der Waals surface area contributed by atoms with Crippen LogP contribution in [0.25, 0.3) is 20.3 Å². The Hall–Kier alpha value is -1.44. The van der Waals surface area contributed by atoms with E-state index >= 15 is 0 Å². The van der Waals surface area contributed by atoms with Crippen molar-refractivity contribution in [1.82, 2.24) is 9.97 Å². The Bertz CT molecular complexity index is 643. The average Bonchev–Trinajstić information content (AvgIpc) is 3.18. The summed E-state index contributed by atoms with van der Waals surface area (Å²) >= 11 is 0.392. The molecule has 0 amide bonds. The van der Waals surface area contributed by atoms with Gasteiger partial charge in [0.15, 0.2) is 0 Å². The fourth-order valence-corrected chi connectivity index (χ4v) is 4.68. The van der Waals surface area contributed by atoms with E-state index in [4.69, 9.17) is 0 Å². The van der Waals surface area contributed by atoms with E-state index in [0.717, 1.165) is 12.8 Å². The summed E-state index contributed by atoms with van der Waals surface area (Å²) in [6.07, 6.45) is 9.03. The van der Waals surface area contributed by atoms with E-state index in [1.807, 2.05) is 0 Å². The second kappa shape index (κ2) is 6.55. The fraction of sp³-hybridized carbons (Fsp3) is 0.333. The molecule has 3 aromatic rings. The molecule has 0 bridgehead atoms. The van der Waals surface area contributed by atoms with Crippen molar-refractivity contribution in [3.05, 3.63) is 47.8 Å². The van der Waals surface area contributed by atoms with Crippen molar-refractivity contribution in [2.75, 3.05) is 0 Å². The van der Waals surface area contributed by atoms with Crippen molar-refractivity contribution in [2.45, 2.75) is 39.5 Å². The van der Waals surface area contributed by atoms with Gasteiger partial charge in [0.05, 0.1) is 0 Å². The standard InChI is InChI=1S/C18H22N2Se/c1-3-5-13-9-15(19-11-13)17-7-8-18(21-17)16-10-14(6-4-2)12-20-16/h7-12,19-20H,3-6H2,1-2H3. The molecule has 0 aromatic carbocycles. The zero-order chi connectivity index (χ0) is 14.7. The van der Waals surface area contributed by atoms with Gasteiger partial charge in [-0.3, -0.25) is 0 Å². The molecule has 0 radical (unpaired) electrons. The monoisotopic (exact) mass is 346 g/mol. The molecule has 0 spiro atoms. The van der Waals surface area contributed by atoms with Crippen LogP contribution in [0.1, 0.15) is 37.8 Å². The molecule has 2 nitrogen and oxygen atoms in total. The Morgan fingerprint density at radius 1 is 0.810 bits per heavy atom. The maximum atomic E-state index is 3.43. The molecule has 110 valence electrons. The van der Waals surface area contributed by atoms with Gasteiger partial charge in [-0.2, -0.15) is 0 Å². The summed E-state index contributed by atoms with van der Waals surface area (Å²) in [4.78, 5) is 6.87. The van der Waals surface area contributed by atoms with Crippen LogP contribution in [-0.2, 0) is 12.8 Å². The second-order valence-corrected chi connectivity index (χ2v) is 7.78. The fourth-order valence-electron chi connectivity index (χ4n) is 2.66. The molecular weight excluding hydrogens is 323 g/mol. The predicted octanol–water partition coefficient (Wildman–Crippen LogP) is 4.64. The van der Waals surface area contributed by atoms with Crippen LogP contribution >= 0.6 is 0 Å². The van der Waals surface area contributed by atoms with Crippen LogP contribution in [0.2, 0.25) is 0 Å². The summed E-state index contributed by atoms with van der Waals surface area (Å²) in [6, 6.07) is 9.17. The van der Waals surface area contributed by atoms with Gasteiger partial charge in [0, 0.05) is 0 Å². The van der Waals surface area contributed by atoms with Gasteiger partial charge in [-0.15, -0.1) is 0 Å². The molecule has 3 aromatic heterocycles. The molecule has 0 aliphatic heterocycles. The maximum absolute atomic E-state index is 3.43. The van der Waals surface area contributed by atoms with Crippen LogP contribution in [0.5, 0.6) is 0 Å². The number of nitrogens with one attached hydrogen (secondary N) is 2. The van der Waals surface area contributed by atoms with Crippen molar-refractivity contribution >= 4 is 14.5 Å². The topological polar surface area (TPSA) is 31.6 Å². The first-order valence-electron chi connectivity index (χ1n) is 7.75. The molecule has 0 aliphatic rings. The van der Waals surface area contributed by atoms with Crippen LogP contribution in [-0.4, -0.2) is 24.5 Å². The van der Waals surface area contributed by atoms with Gasteiger partial charge in [0.2, 0.25) is 0 Å². The summed E-state index contributed by atoms with van der Waals surface area (Å²) in [5.74, 6) is 0. The van der Waals surface area contributed by atoms with Crippen molar-refractivity contribution in [3.63, 3.8) is 0 Å². The van der Waals surface area contributed by atoms with Gasteiger partial charge in [-0.05, 0) is 0 Å². The van der Waals surface area contributed by atoms with E-state index in [-0.39, 0.29) is 0 Å². The number of rotatable bonds is 6. The molecule has 3 rings (SSSR count). The molecule has 0 saturated heterocycles. The molecule has 0 fully saturated rings. The van der Waals surface area contributed by atoms with Gasteiger partial charge in [0.25, 0.3) is 0 Å². The van der Waals surface area contributed by atoms with Gasteiger partial charge in [-0.1, -0.05) is 0 Å². The van der Waals surface area contributed by atoms with Crippen molar-refractivity contribution < 1.29 is 0 Å². The number of aromatic amines is 2. The SMILES string of the molecule is CCCc1c[nH]c(-c2ccc(-c3cc(CCC)c[nH]3)[se]2)c1. The van der Waals surface area contributed by atoms with Crippen LogP contribution in [0.15, 0.2) is 36.7 Å². The van der Waals surface area contributed by atoms with Gasteiger partial charge >= 0.3 is 132 Å². The molecule has 0 saturated carbocycles. The third kappa shape index (κ3) is 3.25. The zero-order valence-corrected chi connectivity index (χ0v) is 14.4. The average molecular weight is 345 g/mol. The number of aromatic nitrogens is 2. The molecule has 3 heteroatoms. The predicted molar refractivity (Wildman–Crippen MR) is 90.9 cm³/mol. The molecule has 21 heavy (non-hydrogen) atoms. The molecule has 2 N–H and O–H groups in total. The number of hydrogen-bond acceptors (Lipinski definition) is 0. The summed E-state index contributed by atoms with van der Waals surface area (Å²) in [5.41, 5.74) is 5.43. The zero-order valence-electron chi connectivity index (χ0n) is 12.7. The van der Waals surface area contributed by atoms with E-state index < -0.39 is 0 Å². The first-order chi connectivity index (χ1) is 10.3. The quantitative estimate of drug-likeness (QED) is 0.610. The minimum atomic E-state index is 0.392. The van der Waals surface area contributed by atoms with Gasteiger partial charge in [0.1, 0.15) is 0 Å². The van der Waals surface area contributed by atoms with Crippen LogP contribution < -0.4 is 0 Å². The Balaban J connectivity index is 1.81. The number of H-pyrrole nitrogens is 2. The van der Waals surface area contributed by atoms with Gasteiger partial charge < -0.3 is 0 Å². The second-order valence-electron chi connectivity index (χ2n) is 5.51. The Labute approximate surface area is 132 Å². The van der Waals surface area contributed by atoms with E-state index in [1.165, 1.54) is 44.2 Å². The third-order valence-corrected chi connectivity index (χ3v) is 6.12. The van der Waals surface area contributed by atoms with Crippen molar-refractivity contribution in [1.29, 1.82) is 0 Å². The van der Waals surface area contributed by atoms with Crippen LogP contribution in [0.4, 0.5) is 0 Å². The van der Waals surface area contributed by atoms with E-state index in [2.05, 4.69) is 60.5 Å². The van der Waals surface area contributed by atoms with E-state index in [1.54, 1.807) is 0 Å². The molecule has 3 heterocycles. The molecule has 0 aliphatic carbocycles. The Kier molecular flexibility index (Phi) is 4.52. The van der Waals surface area contributed by atoms with Crippen molar-refractivity contribution in [3.8, 4) is 20.3 Å². The van der Waals surface area contributed by atoms with Crippen LogP contribution in [0, 0.1) is 0 Å². The number of aryl methyl sites for hydroxylation is 2. The minimum absolute atomic E-state index is 0.392. The Morgan fingerprint density at radius 3 is 1.71 bits per heavy atom. The third-order valence-electron chi connectivity index (χ3n) is 3.70. The molecule has 0 unspecified atom stereocenters. The van der Waals surface area contributed by atoms with Crippen LogP contribution in [0.3, 0.4) is 0 Å². The summed E-state index contributed by atoms with van der Waals surface area (Å²) < 4.78 is 2.90. The van der Waals surface area contributed by atoms with Crippen molar-refractivity contribution in [2.24, 2.45) is 0 Å². The summed E-state index contributed by atoms with van der Waals surface area (Å²) in [6.45, 7) is 4.45. The Morgan fingerprint density at radius 2 is 1.29 bits per heavy atom. The molecular formula is C18H22N2Se. The van der Waals surface area contributed by atoms with E-state index in [0.29, 0.717) is 14.5 Å². The summed E-state index contributed by atoms with van der Waals surface area (Å²) in [7, 11) is 0.